The average molecular weight is 292 g/mol. The van der Waals surface area contributed by atoms with Crippen LogP contribution in [0, 0.1) is 0 Å². The zero-order chi connectivity index (χ0) is 15.1. The zero-order valence-electron chi connectivity index (χ0n) is 12.1. The number of rotatable bonds is 6. The molecule has 1 heterocycles. The van der Waals surface area contributed by atoms with Gasteiger partial charge in [0.05, 0.1) is 20.3 Å². The first-order chi connectivity index (χ1) is 10.2. The number of esters is 1. The third kappa shape index (κ3) is 4.03. The highest BCUT2D eigenvalue weighted by molar-refractivity contribution is 5.89. The number of amides is 1. The van der Waals surface area contributed by atoms with E-state index in [4.69, 9.17) is 9.47 Å². The van der Waals surface area contributed by atoms with Crippen molar-refractivity contribution in [2.75, 3.05) is 26.9 Å². The molecule has 0 radical (unpaired) electrons. The first kappa shape index (κ1) is 15.5. The lowest BCUT2D eigenvalue weighted by Gasteiger charge is -2.25. The summed E-state index contributed by atoms with van der Waals surface area (Å²) < 4.78 is 9.98. The third-order valence-corrected chi connectivity index (χ3v) is 3.43. The standard InChI is InChI=1S/C15H20N2O4/c1-20-14(19)15(7-8-21-11-15)17-13(18)10-16-9-12-5-3-2-4-6-12/h2-6,16H,7-11H2,1H3,(H,17,18). The molecular weight excluding hydrogens is 272 g/mol. The lowest BCUT2D eigenvalue weighted by atomic mass is 9.99. The molecule has 0 aliphatic carbocycles. The Morgan fingerprint density at radius 1 is 1.33 bits per heavy atom. The van der Waals surface area contributed by atoms with E-state index < -0.39 is 11.5 Å². The summed E-state index contributed by atoms with van der Waals surface area (Å²) in [6, 6.07) is 9.78. The van der Waals surface area contributed by atoms with Gasteiger partial charge in [-0.25, -0.2) is 4.79 Å². The number of carbonyl (C=O) groups is 2. The minimum atomic E-state index is -1.04. The predicted molar refractivity (Wildman–Crippen MR) is 76.5 cm³/mol. The van der Waals surface area contributed by atoms with Gasteiger partial charge in [0.2, 0.25) is 5.91 Å². The van der Waals surface area contributed by atoms with Gasteiger partial charge in [0, 0.05) is 19.6 Å². The van der Waals surface area contributed by atoms with Gasteiger partial charge in [-0.3, -0.25) is 4.79 Å². The second-order valence-corrected chi connectivity index (χ2v) is 5.01. The Labute approximate surface area is 123 Å². The van der Waals surface area contributed by atoms with E-state index in [1.807, 2.05) is 30.3 Å². The summed E-state index contributed by atoms with van der Waals surface area (Å²) in [6.07, 6.45) is 0.435. The maximum absolute atomic E-state index is 12.0. The van der Waals surface area contributed by atoms with Crippen molar-refractivity contribution in [2.24, 2.45) is 0 Å². The van der Waals surface area contributed by atoms with Crippen molar-refractivity contribution in [3.8, 4) is 0 Å². The molecular formula is C15H20N2O4. The monoisotopic (exact) mass is 292 g/mol. The van der Waals surface area contributed by atoms with Gasteiger partial charge in [-0.15, -0.1) is 0 Å². The number of benzene rings is 1. The average Bonchev–Trinajstić information content (AvgIpc) is 2.97. The van der Waals surface area contributed by atoms with Crippen LogP contribution >= 0.6 is 0 Å². The highest BCUT2D eigenvalue weighted by Crippen LogP contribution is 2.20. The van der Waals surface area contributed by atoms with E-state index in [1.54, 1.807) is 0 Å². The summed E-state index contributed by atoms with van der Waals surface area (Å²) in [6.45, 7) is 1.32. The molecule has 2 N–H and O–H groups in total. The fourth-order valence-corrected chi connectivity index (χ4v) is 2.30. The third-order valence-electron chi connectivity index (χ3n) is 3.43. The number of hydrogen-bond donors (Lipinski definition) is 2. The van der Waals surface area contributed by atoms with E-state index in [1.165, 1.54) is 7.11 Å². The van der Waals surface area contributed by atoms with Gasteiger partial charge >= 0.3 is 5.97 Å². The first-order valence-corrected chi connectivity index (χ1v) is 6.88. The van der Waals surface area contributed by atoms with Crippen LogP contribution in [0.1, 0.15) is 12.0 Å². The molecule has 0 aromatic heterocycles. The van der Waals surface area contributed by atoms with Crippen LogP contribution in [0.2, 0.25) is 0 Å². The van der Waals surface area contributed by atoms with Crippen LogP contribution in [0.25, 0.3) is 0 Å². The van der Waals surface area contributed by atoms with Gasteiger partial charge in [-0.05, 0) is 5.56 Å². The molecule has 6 nitrogen and oxygen atoms in total. The Bertz CT molecular complexity index is 484. The Hall–Kier alpha value is -1.92. The van der Waals surface area contributed by atoms with Crippen molar-refractivity contribution >= 4 is 11.9 Å². The summed E-state index contributed by atoms with van der Waals surface area (Å²) in [4.78, 5) is 23.8. The Morgan fingerprint density at radius 3 is 2.71 bits per heavy atom. The van der Waals surface area contributed by atoms with Crippen LogP contribution in [-0.2, 0) is 25.6 Å². The van der Waals surface area contributed by atoms with Crippen LogP contribution in [0.3, 0.4) is 0 Å². The van der Waals surface area contributed by atoms with E-state index in [9.17, 15) is 9.59 Å². The van der Waals surface area contributed by atoms with Crippen molar-refractivity contribution < 1.29 is 19.1 Å². The Morgan fingerprint density at radius 2 is 2.10 bits per heavy atom. The zero-order valence-corrected chi connectivity index (χ0v) is 12.1. The van der Waals surface area contributed by atoms with Gasteiger partial charge in [0.15, 0.2) is 5.54 Å². The smallest absolute Gasteiger partial charge is 0.334 e. The quantitative estimate of drug-likeness (QED) is 0.734. The molecule has 6 heteroatoms. The topological polar surface area (TPSA) is 76.7 Å². The van der Waals surface area contributed by atoms with Crippen molar-refractivity contribution in [3.63, 3.8) is 0 Å². The molecule has 1 amide bonds. The van der Waals surface area contributed by atoms with Crippen molar-refractivity contribution in [2.45, 2.75) is 18.5 Å². The number of ether oxygens (including phenoxy) is 2. The molecule has 2 rings (SSSR count). The highest BCUT2D eigenvalue weighted by Gasteiger charge is 2.44. The van der Waals surface area contributed by atoms with Crippen molar-refractivity contribution in [1.82, 2.24) is 10.6 Å². The van der Waals surface area contributed by atoms with Crippen LogP contribution in [-0.4, -0.2) is 44.3 Å². The van der Waals surface area contributed by atoms with Gasteiger partial charge in [-0.2, -0.15) is 0 Å². The molecule has 21 heavy (non-hydrogen) atoms. The number of hydrogen-bond acceptors (Lipinski definition) is 5. The summed E-state index contributed by atoms with van der Waals surface area (Å²) >= 11 is 0. The lowest BCUT2D eigenvalue weighted by Crippen LogP contribution is -2.57. The van der Waals surface area contributed by atoms with Gasteiger partial charge in [-0.1, -0.05) is 30.3 Å². The Kier molecular flexibility index (Phi) is 5.30. The molecule has 1 unspecified atom stereocenters. The molecule has 1 atom stereocenters. The number of carbonyl (C=O) groups excluding carboxylic acids is 2. The fraction of sp³-hybridized carbons (Fsp3) is 0.467. The van der Waals surface area contributed by atoms with E-state index >= 15 is 0 Å². The first-order valence-electron chi connectivity index (χ1n) is 6.88. The number of nitrogens with one attached hydrogen (secondary N) is 2. The van der Waals surface area contributed by atoms with Gasteiger partial charge < -0.3 is 20.1 Å². The second kappa shape index (κ2) is 7.19. The lowest BCUT2D eigenvalue weighted by molar-refractivity contribution is -0.150. The van der Waals surface area contributed by atoms with Gasteiger partial charge in [0.25, 0.3) is 0 Å². The maximum Gasteiger partial charge on any atom is 0.334 e. The molecule has 1 aliphatic rings. The minimum Gasteiger partial charge on any atom is -0.467 e. The fourth-order valence-electron chi connectivity index (χ4n) is 2.30. The maximum atomic E-state index is 12.0. The predicted octanol–water partition coefficient (Wildman–Crippen LogP) is 0.225. The molecule has 0 saturated carbocycles. The molecule has 1 aromatic rings. The van der Waals surface area contributed by atoms with Crippen LogP contribution in [0.5, 0.6) is 0 Å². The SMILES string of the molecule is COC(=O)C1(NC(=O)CNCc2ccccc2)CCOC1. The minimum absolute atomic E-state index is 0.133. The van der Waals surface area contributed by atoms with E-state index in [-0.39, 0.29) is 19.1 Å². The second-order valence-electron chi connectivity index (χ2n) is 5.01. The van der Waals surface area contributed by atoms with Crippen LogP contribution in [0.4, 0.5) is 0 Å². The van der Waals surface area contributed by atoms with Gasteiger partial charge in [0.1, 0.15) is 0 Å². The molecule has 114 valence electrons. The number of methoxy groups -OCH3 is 1. The molecule has 0 spiro atoms. The Balaban J connectivity index is 1.81. The molecule has 1 aromatic carbocycles. The normalized spacial score (nSPS) is 21.0. The summed E-state index contributed by atoms with van der Waals surface area (Å²) in [7, 11) is 1.31. The van der Waals surface area contributed by atoms with Crippen molar-refractivity contribution in [1.29, 1.82) is 0 Å². The molecule has 0 bridgehead atoms. The van der Waals surface area contributed by atoms with E-state index in [0.29, 0.717) is 19.6 Å². The molecule has 1 fully saturated rings. The summed E-state index contributed by atoms with van der Waals surface area (Å²) in [5.74, 6) is -0.710. The van der Waals surface area contributed by atoms with E-state index in [0.717, 1.165) is 5.56 Å². The molecule has 1 saturated heterocycles. The van der Waals surface area contributed by atoms with E-state index in [2.05, 4.69) is 10.6 Å². The molecule has 1 aliphatic heterocycles. The van der Waals surface area contributed by atoms with Crippen LogP contribution < -0.4 is 10.6 Å². The summed E-state index contributed by atoms with van der Waals surface area (Å²) in [5.41, 5.74) is 0.0532. The van der Waals surface area contributed by atoms with Crippen molar-refractivity contribution in [3.05, 3.63) is 35.9 Å². The van der Waals surface area contributed by atoms with Crippen LogP contribution in [0.15, 0.2) is 30.3 Å². The summed E-state index contributed by atoms with van der Waals surface area (Å²) in [5, 5.41) is 5.77. The largest absolute Gasteiger partial charge is 0.467 e. The highest BCUT2D eigenvalue weighted by atomic mass is 16.5.